The van der Waals surface area contributed by atoms with Gasteiger partial charge < -0.3 is 10.0 Å². The Balaban J connectivity index is 2.11. The Hall–Kier alpha value is -0.970. The average Bonchev–Trinajstić information content (AvgIpc) is 2.80. The first-order valence-electron chi connectivity index (χ1n) is 5.91. The maximum atomic E-state index is 12.3. The first kappa shape index (κ1) is 12.5. The molecule has 0 saturated heterocycles. The number of carbonyl (C=O) groups is 2. The maximum Gasteiger partial charge on any atom is 0.307 e. The summed E-state index contributed by atoms with van der Waals surface area (Å²) in [7, 11) is 0. The van der Waals surface area contributed by atoms with E-state index in [0.717, 1.165) is 6.42 Å². The standard InChI is InChI=1S/C12H17NO3S/c1-8-2-3-9(12(15)16)10(6-8)11(14)13-4-5-17-7-13/h4-5,8-10H,2-3,6-7H2,1H3,(H,15,16). The minimum atomic E-state index is -0.828. The number of carboxylic acid groups (broad SMARTS) is 1. The van der Waals surface area contributed by atoms with Crippen molar-refractivity contribution >= 4 is 23.6 Å². The zero-order chi connectivity index (χ0) is 12.4. The molecule has 17 heavy (non-hydrogen) atoms. The molecule has 0 aromatic heterocycles. The molecule has 4 nitrogen and oxygen atoms in total. The fourth-order valence-corrected chi connectivity index (χ4v) is 3.28. The van der Waals surface area contributed by atoms with Crippen LogP contribution in [0.15, 0.2) is 11.6 Å². The van der Waals surface area contributed by atoms with Gasteiger partial charge in [-0.3, -0.25) is 9.59 Å². The molecule has 2 aliphatic rings. The Bertz CT molecular complexity index is 356. The molecule has 94 valence electrons. The molecule has 1 fully saturated rings. The predicted octanol–water partition coefficient (Wildman–Crippen LogP) is 2.13. The molecule has 1 aliphatic carbocycles. The average molecular weight is 255 g/mol. The molecule has 0 spiro atoms. The summed E-state index contributed by atoms with van der Waals surface area (Å²) in [6.07, 6.45) is 3.99. The predicted molar refractivity (Wildman–Crippen MR) is 66.1 cm³/mol. The zero-order valence-electron chi connectivity index (χ0n) is 9.83. The third-order valence-electron chi connectivity index (χ3n) is 3.58. The van der Waals surface area contributed by atoms with Crippen LogP contribution >= 0.6 is 11.8 Å². The highest BCUT2D eigenvalue weighted by molar-refractivity contribution is 8.02. The van der Waals surface area contributed by atoms with E-state index in [1.807, 2.05) is 5.41 Å². The largest absolute Gasteiger partial charge is 0.481 e. The summed E-state index contributed by atoms with van der Waals surface area (Å²) < 4.78 is 0. The summed E-state index contributed by atoms with van der Waals surface area (Å²) in [6.45, 7) is 2.09. The second kappa shape index (κ2) is 5.12. The van der Waals surface area contributed by atoms with Crippen molar-refractivity contribution in [2.45, 2.75) is 26.2 Å². The molecular weight excluding hydrogens is 238 g/mol. The second-order valence-corrected chi connectivity index (χ2v) is 5.72. The van der Waals surface area contributed by atoms with Gasteiger partial charge in [-0.05, 0) is 30.6 Å². The lowest BCUT2D eigenvalue weighted by Gasteiger charge is -2.33. The number of thioether (sulfide) groups is 1. The van der Waals surface area contributed by atoms with Crippen molar-refractivity contribution in [3.63, 3.8) is 0 Å². The van der Waals surface area contributed by atoms with Crippen LogP contribution in [0, 0.1) is 17.8 Å². The van der Waals surface area contributed by atoms with Gasteiger partial charge in [-0.2, -0.15) is 0 Å². The Morgan fingerprint density at radius 3 is 2.71 bits per heavy atom. The number of nitrogens with zero attached hydrogens (tertiary/aromatic N) is 1. The van der Waals surface area contributed by atoms with Gasteiger partial charge in [-0.15, -0.1) is 11.8 Å². The lowest BCUT2D eigenvalue weighted by atomic mass is 9.74. The fourth-order valence-electron chi connectivity index (χ4n) is 2.58. The Labute approximate surface area is 105 Å². The quantitative estimate of drug-likeness (QED) is 0.821. The van der Waals surface area contributed by atoms with E-state index in [0.29, 0.717) is 24.6 Å². The van der Waals surface area contributed by atoms with E-state index in [4.69, 9.17) is 0 Å². The monoisotopic (exact) mass is 255 g/mol. The van der Waals surface area contributed by atoms with Crippen LogP contribution in [0.4, 0.5) is 0 Å². The second-order valence-electron chi connectivity index (χ2n) is 4.86. The fraction of sp³-hybridized carbons (Fsp3) is 0.667. The van der Waals surface area contributed by atoms with E-state index in [9.17, 15) is 14.7 Å². The number of rotatable bonds is 2. The number of carbonyl (C=O) groups excluding carboxylic acids is 1. The minimum absolute atomic E-state index is 0.0230. The third kappa shape index (κ3) is 2.65. The minimum Gasteiger partial charge on any atom is -0.481 e. The van der Waals surface area contributed by atoms with E-state index in [2.05, 4.69) is 6.92 Å². The molecule has 5 heteroatoms. The first-order chi connectivity index (χ1) is 8.09. The van der Waals surface area contributed by atoms with Crippen LogP contribution in [-0.2, 0) is 9.59 Å². The van der Waals surface area contributed by atoms with Gasteiger partial charge in [-0.25, -0.2) is 0 Å². The van der Waals surface area contributed by atoms with E-state index in [1.165, 1.54) is 0 Å². The van der Waals surface area contributed by atoms with E-state index < -0.39 is 11.9 Å². The molecule has 3 unspecified atom stereocenters. The number of carboxylic acids is 1. The molecule has 0 bridgehead atoms. The summed E-state index contributed by atoms with van der Waals surface area (Å²) >= 11 is 1.56. The molecule has 0 radical (unpaired) electrons. The van der Waals surface area contributed by atoms with Crippen LogP contribution in [0.5, 0.6) is 0 Å². The van der Waals surface area contributed by atoms with Gasteiger partial charge in [0, 0.05) is 6.20 Å². The third-order valence-corrected chi connectivity index (χ3v) is 4.32. The normalized spacial score (nSPS) is 32.8. The highest BCUT2D eigenvalue weighted by atomic mass is 32.2. The van der Waals surface area contributed by atoms with Crippen LogP contribution in [0.1, 0.15) is 26.2 Å². The zero-order valence-corrected chi connectivity index (χ0v) is 10.7. The molecule has 0 aromatic carbocycles. The van der Waals surface area contributed by atoms with Gasteiger partial charge in [0.15, 0.2) is 0 Å². The van der Waals surface area contributed by atoms with Gasteiger partial charge in [0.2, 0.25) is 5.91 Å². The lowest BCUT2D eigenvalue weighted by Crippen LogP contribution is -2.41. The maximum absolute atomic E-state index is 12.3. The van der Waals surface area contributed by atoms with Crippen molar-refractivity contribution in [2.24, 2.45) is 17.8 Å². The topological polar surface area (TPSA) is 57.6 Å². The van der Waals surface area contributed by atoms with Crippen molar-refractivity contribution in [3.8, 4) is 0 Å². The molecule has 1 amide bonds. The molecule has 1 heterocycles. The number of hydrogen-bond donors (Lipinski definition) is 1. The van der Waals surface area contributed by atoms with Crippen molar-refractivity contribution in [1.29, 1.82) is 0 Å². The van der Waals surface area contributed by atoms with Crippen LogP contribution in [0.2, 0.25) is 0 Å². The van der Waals surface area contributed by atoms with Crippen molar-refractivity contribution < 1.29 is 14.7 Å². The van der Waals surface area contributed by atoms with Gasteiger partial charge in [-0.1, -0.05) is 6.92 Å². The van der Waals surface area contributed by atoms with Gasteiger partial charge in [0.25, 0.3) is 0 Å². The van der Waals surface area contributed by atoms with E-state index >= 15 is 0 Å². The van der Waals surface area contributed by atoms with Gasteiger partial charge >= 0.3 is 5.97 Å². The van der Waals surface area contributed by atoms with E-state index in [-0.39, 0.29) is 11.8 Å². The molecule has 2 rings (SSSR count). The van der Waals surface area contributed by atoms with Crippen LogP contribution in [-0.4, -0.2) is 27.8 Å². The Kier molecular flexibility index (Phi) is 3.76. The highest BCUT2D eigenvalue weighted by Gasteiger charge is 2.39. The molecule has 1 saturated carbocycles. The van der Waals surface area contributed by atoms with Gasteiger partial charge in [0.05, 0.1) is 17.7 Å². The van der Waals surface area contributed by atoms with Crippen molar-refractivity contribution in [3.05, 3.63) is 11.6 Å². The SMILES string of the molecule is CC1CCC(C(=O)O)C(C(=O)N2C=CSC2)C1. The highest BCUT2D eigenvalue weighted by Crippen LogP contribution is 2.36. The molecule has 1 aliphatic heterocycles. The Morgan fingerprint density at radius 1 is 1.35 bits per heavy atom. The first-order valence-corrected chi connectivity index (χ1v) is 6.96. The van der Waals surface area contributed by atoms with Gasteiger partial charge in [0.1, 0.15) is 0 Å². The van der Waals surface area contributed by atoms with Crippen LogP contribution in [0.3, 0.4) is 0 Å². The molecular formula is C12H17NO3S. The van der Waals surface area contributed by atoms with Crippen LogP contribution in [0.25, 0.3) is 0 Å². The molecule has 0 aromatic rings. The Morgan fingerprint density at radius 2 is 2.12 bits per heavy atom. The van der Waals surface area contributed by atoms with Crippen LogP contribution < -0.4 is 0 Å². The molecule has 1 N–H and O–H groups in total. The van der Waals surface area contributed by atoms with E-state index in [1.54, 1.807) is 22.9 Å². The smallest absolute Gasteiger partial charge is 0.307 e. The summed E-state index contributed by atoms with van der Waals surface area (Å²) in [6, 6.07) is 0. The summed E-state index contributed by atoms with van der Waals surface area (Å²) in [5, 5.41) is 11.1. The summed E-state index contributed by atoms with van der Waals surface area (Å²) in [4.78, 5) is 25.1. The number of amides is 1. The summed E-state index contributed by atoms with van der Waals surface area (Å²) in [5.74, 6) is -0.636. The summed E-state index contributed by atoms with van der Waals surface area (Å²) in [5.41, 5.74) is 0. The van der Waals surface area contributed by atoms with Crippen molar-refractivity contribution in [2.75, 3.05) is 5.88 Å². The molecule has 3 atom stereocenters. The lowest BCUT2D eigenvalue weighted by molar-refractivity contribution is -0.151. The number of hydrogen-bond acceptors (Lipinski definition) is 3. The number of aliphatic carboxylic acids is 1. The van der Waals surface area contributed by atoms with Crippen molar-refractivity contribution in [1.82, 2.24) is 4.90 Å².